The Kier molecular flexibility index (Phi) is 4.40. The summed E-state index contributed by atoms with van der Waals surface area (Å²) < 4.78 is 0. The molecule has 0 aromatic carbocycles. The summed E-state index contributed by atoms with van der Waals surface area (Å²) in [6.07, 6.45) is 1.36. The number of nitrogens with two attached hydrogens (primary N) is 1. The monoisotopic (exact) mass is 284 g/mol. The molecule has 2 N–H and O–H groups in total. The first-order chi connectivity index (χ1) is 8.67. The standard InChI is InChI=1S/C14H24N2O2S/c1-6-14(7-2,11(15)19)16-10(17)8-13(5,9(3)4)12(16)18/h9H,6-8H2,1-5H3,(H2,15,19). The maximum atomic E-state index is 12.7. The smallest absolute Gasteiger partial charge is 0.236 e. The zero-order valence-corrected chi connectivity index (χ0v) is 13.3. The number of hydrogen-bond acceptors (Lipinski definition) is 3. The number of carbonyl (C=O) groups is 2. The van der Waals surface area contributed by atoms with Gasteiger partial charge in [-0.15, -0.1) is 0 Å². The molecule has 1 atom stereocenters. The van der Waals surface area contributed by atoms with Crippen molar-refractivity contribution in [3.8, 4) is 0 Å². The van der Waals surface area contributed by atoms with Gasteiger partial charge in [0.15, 0.2) is 0 Å². The van der Waals surface area contributed by atoms with Crippen molar-refractivity contribution >= 4 is 29.0 Å². The average molecular weight is 284 g/mol. The Morgan fingerprint density at radius 3 is 2.16 bits per heavy atom. The highest BCUT2D eigenvalue weighted by Gasteiger charge is 2.56. The zero-order valence-electron chi connectivity index (χ0n) is 12.4. The van der Waals surface area contributed by atoms with E-state index >= 15 is 0 Å². The van der Waals surface area contributed by atoms with Crippen LogP contribution in [0.15, 0.2) is 0 Å². The van der Waals surface area contributed by atoms with Crippen LogP contribution in [0.25, 0.3) is 0 Å². The minimum absolute atomic E-state index is 0.103. The molecule has 0 spiro atoms. The third-order valence-corrected chi connectivity index (χ3v) is 5.17. The predicted molar refractivity (Wildman–Crippen MR) is 79.5 cm³/mol. The number of nitrogens with zero attached hydrogens (tertiary/aromatic N) is 1. The number of amides is 2. The van der Waals surface area contributed by atoms with E-state index in [0.717, 1.165) is 0 Å². The van der Waals surface area contributed by atoms with Gasteiger partial charge < -0.3 is 5.73 Å². The first-order valence-electron chi connectivity index (χ1n) is 6.84. The summed E-state index contributed by atoms with van der Waals surface area (Å²) >= 11 is 5.14. The van der Waals surface area contributed by atoms with Gasteiger partial charge in [0.25, 0.3) is 0 Å². The molecule has 0 aromatic rings. The quantitative estimate of drug-likeness (QED) is 0.621. The molecule has 2 amide bonds. The van der Waals surface area contributed by atoms with E-state index in [1.54, 1.807) is 0 Å². The summed E-state index contributed by atoms with van der Waals surface area (Å²) in [5.41, 5.74) is 4.40. The fraction of sp³-hybridized carbons (Fsp3) is 0.786. The molecule has 1 saturated heterocycles. The Bertz CT molecular complexity index is 416. The number of rotatable bonds is 5. The van der Waals surface area contributed by atoms with Crippen LogP contribution in [0.2, 0.25) is 0 Å². The maximum absolute atomic E-state index is 12.7. The first-order valence-corrected chi connectivity index (χ1v) is 7.25. The predicted octanol–water partition coefficient (Wildman–Crippen LogP) is 2.25. The van der Waals surface area contributed by atoms with Gasteiger partial charge in [-0.2, -0.15) is 0 Å². The molecule has 0 saturated carbocycles. The van der Waals surface area contributed by atoms with E-state index in [4.69, 9.17) is 18.0 Å². The fourth-order valence-corrected chi connectivity index (χ4v) is 3.13. The number of likely N-dealkylation sites (tertiary alicyclic amines) is 1. The van der Waals surface area contributed by atoms with Crippen LogP contribution in [0.3, 0.4) is 0 Å². The summed E-state index contributed by atoms with van der Waals surface area (Å²) in [6, 6.07) is 0. The van der Waals surface area contributed by atoms with E-state index in [2.05, 4.69) is 0 Å². The van der Waals surface area contributed by atoms with E-state index < -0.39 is 11.0 Å². The van der Waals surface area contributed by atoms with Crippen LogP contribution >= 0.6 is 12.2 Å². The van der Waals surface area contributed by atoms with Crippen LogP contribution in [0, 0.1) is 11.3 Å². The molecule has 0 radical (unpaired) electrons. The van der Waals surface area contributed by atoms with Crippen molar-refractivity contribution in [1.29, 1.82) is 0 Å². The molecular formula is C14H24N2O2S. The number of hydrogen-bond donors (Lipinski definition) is 1. The van der Waals surface area contributed by atoms with Crippen molar-refractivity contribution in [3.63, 3.8) is 0 Å². The normalized spacial score (nSPS) is 24.4. The van der Waals surface area contributed by atoms with Crippen molar-refractivity contribution < 1.29 is 9.59 Å². The molecule has 1 aliphatic rings. The minimum Gasteiger partial charge on any atom is -0.391 e. The highest BCUT2D eigenvalue weighted by atomic mass is 32.1. The summed E-state index contributed by atoms with van der Waals surface area (Å²) in [4.78, 5) is 26.7. The zero-order chi connectivity index (χ0) is 15.0. The summed E-state index contributed by atoms with van der Waals surface area (Å²) in [6.45, 7) is 9.61. The van der Waals surface area contributed by atoms with Gasteiger partial charge >= 0.3 is 0 Å². The highest BCUT2D eigenvalue weighted by Crippen LogP contribution is 2.43. The minimum atomic E-state index is -0.809. The lowest BCUT2D eigenvalue weighted by molar-refractivity contribution is -0.146. The van der Waals surface area contributed by atoms with Crippen LogP contribution in [0.4, 0.5) is 0 Å². The third-order valence-electron chi connectivity index (χ3n) is 4.79. The summed E-state index contributed by atoms with van der Waals surface area (Å²) in [5, 5.41) is 0. The number of carbonyl (C=O) groups excluding carboxylic acids is 2. The van der Waals surface area contributed by atoms with Crippen molar-refractivity contribution in [3.05, 3.63) is 0 Å². The van der Waals surface area contributed by atoms with Crippen LogP contribution < -0.4 is 5.73 Å². The molecule has 108 valence electrons. The lowest BCUT2D eigenvalue weighted by Gasteiger charge is -2.39. The van der Waals surface area contributed by atoms with Crippen molar-refractivity contribution in [1.82, 2.24) is 4.90 Å². The van der Waals surface area contributed by atoms with Crippen LogP contribution in [-0.4, -0.2) is 27.2 Å². The maximum Gasteiger partial charge on any atom is 0.236 e. The van der Waals surface area contributed by atoms with Crippen molar-refractivity contribution in [2.75, 3.05) is 0 Å². The fourth-order valence-electron chi connectivity index (χ4n) is 2.75. The molecule has 5 heteroatoms. The van der Waals surface area contributed by atoms with Gasteiger partial charge in [-0.05, 0) is 25.7 Å². The second-order valence-corrected chi connectivity index (χ2v) is 6.33. The van der Waals surface area contributed by atoms with E-state index in [9.17, 15) is 9.59 Å². The largest absolute Gasteiger partial charge is 0.391 e. The second kappa shape index (κ2) is 5.19. The van der Waals surface area contributed by atoms with Crippen molar-refractivity contribution in [2.24, 2.45) is 17.1 Å². The van der Waals surface area contributed by atoms with Gasteiger partial charge in [0.05, 0.1) is 15.9 Å². The van der Waals surface area contributed by atoms with E-state index in [1.807, 2.05) is 34.6 Å². The van der Waals surface area contributed by atoms with Gasteiger partial charge in [0, 0.05) is 6.42 Å². The molecular weight excluding hydrogens is 260 g/mol. The van der Waals surface area contributed by atoms with Gasteiger partial charge in [-0.25, -0.2) is 0 Å². The van der Waals surface area contributed by atoms with Gasteiger partial charge in [-0.1, -0.05) is 39.9 Å². The Morgan fingerprint density at radius 1 is 1.42 bits per heavy atom. The molecule has 4 nitrogen and oxygen atoms in total. The Hall–Kier alpha value is -0.970. The van der Waals surface area contributed by atoms with Crippen LogP contribution in [0.1, 0.15) is 53.9 Å². The first kappa shape index (κ1) is 16.1. The molecule has 0 aromatic heterocycles. The lowest BCUT2D eigenvalue weighted by atomic mass is 9.77. The van der Waals surface area contributed by atoms with E-state index in [1.165, 1.54) is 4.90 Å². The van der Waals surface area contributed by atoms with Gasteiger partial charge in [0.2, 0.25) is 11.8 Å². The topological polar surface area (TPSA) is 63.4 Å². The molecule has 1 rings (SSSR count). The number of thiocarbonyl (C=S) groups is 1. The molecule has 19 heavy (non-hydrogen) atoms. The average Bonchev–Trinajstić information content (AvgIpc) is 2.56. The number of imide groups is 1. The van der Waals surface area contributed by atoms with Crippen LogP contribution in [-0.2, 0) is 9.59 Å². The Labute approximate surface area is 120 Å². The molecule has 0 bridgehead atoms. The summed E-state index contributed by atoms with van der Waals surface area (Å²) in [7, 11) is 0. The summed E-state index contributed by atoms with van der Waals surface area (Å²) in [5.74, 6) is -0.187. The molecule has 1 unspecified atom stereocenters. The Morgan fingerprint density at radius 2 is 1.89 bits per heavy atom. The van der Waals surface area contributed by atoms with E-state index in [0.29, 0.717) is 12.8 Å². The second-order valence-electron chi connectivity index (χ2n) is 5.89. The van der Waals surface area contributed by atoms with Crippen LogP contribution in [0.5, 0.6) is 0 Å². The van der Waals surface area contributed by atoms with Crippen molar-refractivity contribution in [2.45, 2.75) is 59.4 Å². The van der Waals surface area contributed by atoms with Gasteiger partial charge in [0.1, 0.15) is 0 Å². The van der Waals surface area contributed by atoms with E-state index in [-0.39, 0.29) is 29.1 Å². The third kappa shape index (κ3) is 2.18. The lowest BCUT2D eigenvalue weighted by Crippen LogP contribution is -2.59. The molecule has 0 aliphatic carbocycles. The SMILES string of the molecule is CCC(CC)(C(N)=S)N1C(=O)CC(C)(C(C)C)C1=O. The molecule has 1 heterocycles. The highest BCUT2D eigenvalue weighted by molar-refractivity contribution is 7.80. The molecule has 1 fully saturated rings. The Balaban J connectivity index is 3.31. The van der Waals surface area contributed by atoms with Gasteiger partial charge in [-0.3, -0.25) is 14.5 Å². The molecule has 1 aliphatic heterocycles.